The lowest BCUT2D eigenvalue weighted by Crippen LogP contribution is -2.06. The first-order valence-electron chi connectivity index (χ1n) is 8.30. The van der Waals surface area contributed by atoms with Gasteiger partial charge in [-0.3, -0.25) is 10.1 Å². The van der Waals surface area contributed by atoms with Crippen molar-refractivity contribution in [3.63, 3.8) is 0 Å². The maximum absolute atomic E-state index is 11.0. The third kappa shape index (κ3) is 3.07. The molecule has 0 saturated carbocycles. The van der Waals surface area contributed by atoms with Gasteiger partial charge in [-0.1, -0.05) is 35.5 Å². The van der Waals surface area contributed by atoms with E-state index in [0.717, 1.165) is 5.56 Å². The Balaban J connectivity index is 1.79. The lowest BCUT2D eigenvalue weighted by molar-refractivity contribution is -0.384. The summed E-state index contributed by atoms with van der Waals surface area (Å²) < 4.78 is 6.85. The lowest BCUT2D eigenvalue weighted by atomic mass is 10.1. The first-order valence-corrected chi connectivity index (χ1v) is 8.30. The molecule has 0 aliphatic rings. The fraction of sp³-hybridized carbons (Fsp3) is 0.111. The van der Waals surface area contributed by atoms with Crippen molar-refractivity contribution >= 4 is 22.8 Å². The molecule has 2 N–H and O–H groups in total. The molecule has 0 aliphatic heterocycles. The Hall–Kier alpha value is -4.08. The standard InChI is InChI=1S/C18H15N7O3/c1-28-14-9-13(25(26)27)8-7-12(14)10-24-17-16(22-23-24)15(20-18(19)21-17)11-5-3-2-4-6-11/h2-9H,10H2,1H3,(H2,19,20,21). The molecule has 0 fully saturated rings. The normalized spacial score (nSPS) is 10.9. The summed E-state index contributed by atoms with van der Waals surface area (Å²) in [5.41, 5.74) is 8.96. The van der Waals surface area contributed by atoms with Crippen molar-refractivity contribution in [3.8, 4) is 17.0 Å². The Kier molecular flexibility index (Phi) is 4.28. The number of benzene rings is 2. The van der Waals surface area contributed by atoms with E-state index in [4.69, 9.17) is 10.5 Å². The fourth-order valence-electron chi connectivity index (χ4n) is 2.92. The van der Waals surface area contributed by atoms with Gasteiger partial charge in [-0.25, -0.2) is 9.67 Å². The van der Waals surface area contributed by atoms with Crippen LogP contribution >= 0.6 is 0 Å². The highest BCUT2D eigenvalue weighted by Crippen LogP contribution is 2.28. The van der Waals surface area contributed by atoms with Crippen LogP contribution in [0.25, 0.3) is 22.4 Å². The first-order chi connectivity index (χ1) is 13.6. The van der Waals surface area contributed by atoms with Crippen LogP contribution < -0.4 is 10.5 Å². The van der Waals surface area contributed by atoms with Crippen LogP contribution in [-0.2, 0) is 6.54 Å². The smallest absolute Gasteiger partial charge is 0.273 e. The summed E-state index contributed by atoms with van der Waals surface area (Å²) in [6.07, 6.45) is 0. The lowest BCUT2D eigenvalue weighted by Gasteiger charge is -2.09. The van der Waals surface area contributed by atoms with Crippen LogP contribution in [0.4, 0.5) is 11.6 Å². The van der Waals surface area contributed by atoms with Gasteiger partial charge in [0.25, 0.3) is 5.69 Å². The van der Waals surface area contributed by atoms with Crippen molar-refractivity contribution in [2.24, 2.45) is 0 Å². The summed E-state index contributed by atoms with van der Waals surface area (Å²) in [6, 6.07) is 13.9. The first kappa shape index (κ1) is 17.3. The molecule has 10 heteroatoms. The topological polar surface area (TPSA) is 135 Å². The number of nitro groups is 1. The largest absolute Gasteiger partial charge is 0.496 e. The van der Waals surface area contributed by atoms with Gasteiger partial charge in [-0.15, -0.1) is 5.10 Å². The highest BCUT2D eigenvalue weighted by atomic mass is 16.6. The van der Waals surface area contributed by atoms with E-state index >= 15 is 0 Å². The molecule has 2 aromatic carbocycles. The van der Waals surface area contributed by atoms with Gasteiger partial charge in [-0.2, -0.15) is 4.98 Å². The zero-order valence-corrected chi connectivity index (χ0v) is 14.8. The number of nitrogens with zero attached hydrogens (tertiary/aromatic N) is 6. The van der Waals surface area contributed by atoms with Crippen LogP contribution in [0.15, 0.2) is 48.5 Å². The number of hydrogen-bond donors (Lipinski definition) is 1. The number of nitrogen functional groups attached to an aromatic ring is 1. The molecule has 0 saturated heterocycles. The van der Waals surface area contributed by atoms with E-state index in [1.165, 1.54) is 19.2 Å². The Morgan fingerprint density at radius 1 is 1.18 bits per heavy atom. The number of hydrogen-bond acceptors (Lipinski definition) is 8. The highest BCUT2D eigenvalue weighted by Gasteiger charge is 2.17. The number of anilines is 1. The van der Waals surface area contributed by atoms with Crippen LogP contribution in [0.1, 0.15) is 5.56 Å². The van der Waals surface area contributed by atoms with Crippen LogP contribution in [0.3, 0.4) is 0 Å². The molecule has 0 aliphatic carbocycles. The SMILES string of the molecule is COc1cc([N+](=O)[O-])ccc1Cn1nnc2c(-c3ccccc3)nc(N)nc21. The molecule has 4 aromatic rings. The molecule has 0 amide bonds. The molecule has 28 heavy (non-hydrogen) atoms. The van der Waals surface area contributed by atoms with E-state index in [2.05, 4.69) is 20.3 Å². The number of methoxy groups -OCH3 is 1. The van der Waals surface area contributed by atoms with Gasteiger partial charge in [0.2, 0.25) is 5.95 Å². The summed E-state index contributed by atoms with van der Waals surface area (Å²) >= 11 is 0. The predicted molar refractivity (Wildman–Crippen MR) is 102 cm³/mol. The summed E-state index contributed by atoms with van der Waals surface area (Å²) in [4.78, 5) is 19.1. The van der Waals surface area contributed by atoms with E-state index in [0.29, 0.717) is 28.2 Å². The monoisotopic (exact) mass is 377 g/mol. The summed E-state index contributed by atoms with van der Waals surface area (Å²) in [5.74, 6) is 0.480. The third-order valence-electron chi connectivity index (χ3n) is 4.23. The third-order valence-corrected chi connectivity index (χ3v) is 4.23. The Morgan fingerprint density at radius 3 is 2.68 bits per heavy atom. The van der Waals surface area contributed by atoms with Crippen molar-refractivity contribution in [1.29, 1.82) is 0 Å². The molecule has 2 aromatic heterocycles. The number of nitrogens with two attached hydrogens (primary N) is 1. The fourth-order valence-corrected chi connectivity index (χ4v) is 2.92. The average molecular weight is 377 g/mol. The van der Waals surface area contributed by atoms with E-state index in [9.17, 15) is 10.1 Å². The number of fused-ring (bicyclic) bond motifs is 1. The number of ether oxygens (including phenoxy) is 1. The second kappa shape index (κ2) is 6.91. The van der Waals surface area contributed by atoms with Crippen LogP contribution in [0.2, 0.25) is 0 Å². The van der Waals surface area contributed by atoms with Gasteiger partial charge in [-0.05, 0) is 6.07 Å². The van der Waals surface area contributed by atoms with Gasteiger partial charge in [0.1, 0.15) is 11.4 Å². The number of rotatable bonds is 5. The number of non-ortho nitro benzene ring substituents is 1. The Bertz CT molecular complexity index is 1170. The Labute approximate surface area is 158 Å². The van der Waals surface area contributed by atoms with E-state index in [1.54, 1.807) is 10.7 Å². The molecule has 0 spiro atoms. The number of aromatic nitrogens is 5. The van der Waals surface area contributed by atoms with Crippen molar-refractivity contribution in [2.75, 3.05) is 12.8 Å². The Morgan fingerprint density at radius 2 is 1.96 bits per heavy atom. The quantitative estimate of drug-likeness (QED) is 0.414. The van der Waals surface area contributed by atoms with Gasteiger partial charge in [0.05, 0.1) is 24.6 Å². The molecule has 0 radical (unpaired) electrons. The van der Waals surface area contributed by atoms with Crippen molar-refractivity contribution in [3.05, 3.63) is 64.2 Å². The molecule has 0 unspecified atom stereocenters. The molecule has 4 rings (SSSR count). The van der Waals surface area contributed by atoms with Crippen LogP contribution in [0.5, 0.6) is 5.75 Å². The van der Waals surface area contributed by atoms with Crippen LogP contribution in [0, 0.1) is 10.1 Å². The minimum Gasteiger partial charge on any atom is -0.496 e. The molecule has 0 atom stereocenters. The molecule has 0 bridgehead atoms. The summed E-state index contributed by atoms with van der Waals surface area (Å²) in [7, 11) is 1.45. The number of nitro benzene ring substituents is 1. The molecular weight excluding hydrogens is 362 g/mol. The average Bonchev–Trinajstić information content (AvgIpc) is 3.10. The maximum atomic E-state index is 11.0. The summed E-state index contributed by atoms with van der Waals surface area (Å²) in [6.45, 7) is 0.252. The molecule has 2 heterocycles. The van der Waals surface area contributed by atoms with Gasteiger partial charge < -0.3 is 10.5 Å². The minimum atomic E-state index is -0.475. The summed E-state index contributed by atoms with van der Waals surface area (Å²) in [5, 5.41) is 19.4. The van der Waals surface area contributed by atoms with Gasteiger partial charge in [0, 0.05) is 17.2 Å². The molecule has 140 valence electrons. The van der Waals surface area contributed by atoms with Crippen LogP contribution in [-0.4, -0.2) is 37.0 Å². The zero-order chi connectivity index (χ0) is 19.7. The minimum absolute atomic E-state index is 0.0537. The van der Waals surface area contributed by atoms with Crippen molar-refractivity contribution < 1.29 is 9.66 Å². The highest BCUT2D eigenvalue weighted by molar-refractivity contribution is 5.87. The molecule has 10 nitrogen and oxygen atoms in total. The van der Waals surface area contributed by atoms with E-state index in [1.807, 2.05) is 30.3 Å². The van der Waals surface area contributed by atoms with Gasteiger partial charge >= 0.3 is 0 Å². The predicted octanol–water partition coefficient (Wildman–Crippen LogP) is 2.44. The molecular formula is C18H15N7O3. The van der Waals surface area contributed by atoms with Crippen molar-refractivity contribution in [1.82, 2.24) is 25.0 Å². The van der Waals surface area contributed by atoms with Gasteiger partial charge in [0.15, 0.2) is 11.2 Å². The van der Waals surface area contributed by atoms with Crippen molar-refractivity contribution in [2.45, 2.75) is 6.54 Å². The zero-order valence-electron chi connectivity index (χ0n) is 14.8. The van der Waals surface area contributed by atoms with E-state index < -0.39 is 4.92 Å². The van der Waals surface area contributed by atoms with E-state index in [-0.39, 0.29) is 18.2 Å². The second-order valence-electron chi connectivity index (χ2n) is 5.97. The maximum Gasteiger partial charge on any atom is 0.273 e. The second-order valence-corrected chi connectivity index (χ2v) is 5.97.